The monoisotopic (exact) mass is 308 g/mol. The van der Waals surface area contributed by atoms with Crippen LogP contribution in [0.1, 0.15) is 10.6 Å². The largest absolute Gasteiger partial charge is 0.299 e. The van der Waals surface area contributed by atoms with Crippen molar-refractivity contribution >= 4 is 50.6 Å². The number of hydrogen-bond acceptors (Lipinski definition) is 3. The Morgan fingerprint density at radius 1 is 1.16 bits per heavy atom. The van der Waals surface area contributed by atoms with Gasteiger partial charge < -0.3 is 0 Å². The van der Waals surface area contributed by atoms with Crippen molar-refractivity contribution in [3.63, 3.8) is 0 Å². The fraction of sp³-hybridized carbons (Fsp3) is 0.0714. The van der Waals surface area contributed by atoms with Crippen LogP contribution in [0, 0.1) is 0 Å². The van der Waals surface area contributed by atoms with E-state index in [0.29, 0.717) is 0 Å². The molecular formula is C14H10Cl2N2S. The first-order chi connectivity index (χ1) is 9.24. The Balaban J connectivity index is 1.92. The summed E-state index contributed by atoms with van der Waals surface area (Å²) in [6.07, 6.45) is 0.795. The van der Waals surface area contributed by atoms with Crippen molar-refractivity contribution in [3.05, 3.63) is 58.1 Å². The highest BCUT2D eigenvalue weighted by Gasteiger charge is 2.05. The first-order valence-corrected chi connectivity index (χ1v) is 7.32. The van der Waals surface area contributed by atoms with E-state index in [1.807, 2.05) is 36.4 Å². The molecule has 0 amide bonds. The number of rotatable bonds is 3. The zero-order chi connectivity index (χ0) is 13.2. The Morgan fingerprint density at radius 3 is 2.89 bits per heavy atom. The second kappa shape index (κ2) is 5.37. The SMILES string of the molecule is ClNc1cccc(Cc2nc3cc(Cl)ccc3s2)c1. The summed E-state index contributed by atoms with van der Waals surface area (Å²) in [5, 5.41) is 1.79. The number of halogens is 2. The van der Waals surface area contributed by atoms with Gasteiger partial charge in [0.2, 0.25) is 0 Å². The molecule has 0 spiro atoms. The molecule has 3 rings (SSSR count). The minimum absolute atomic E-state index is 0.720. The third kappa shape index (κ3) is 2.84. The van der Waals surface area contributed by atoms with Gasteiger partial charge in [0.25, 0.3) is 0 Å². The molecule has 2 nitrogen and oxygen atoms in total. The number of hydrogen-bond donors (Lipinski definition) is 1. The maximum Gasteiger partial charge on any atom is 0.0982 e. The zero-order valence-electron chi connectivity index (χ0n) is 9.86. The van der Waals surface area contributed by atoms with E-state index in [1.54, 1.807) is 11.3 Å². The zero-order valence-corrected chi connectivity index (χ0v) is 12.2. The molecule has 1 heterocycles. The maximum atomic E-state index is 5.97. The lowest BCUT2D eigenvalue weighted by Gasteiger charge is -2.01. The van der Waals surface area contributed by atoms with Crippen LogP contribution in [-0.2, 0) is 6.42 Å². The normalized spacial score (nSPS) is 10.8. The molecule has 0 aliphatic rings. The van der Waals surface area contributed by atoms with E-state index < -0.39 is 0 Å². The van der Waals surface area contributed by atoms with Gasteiger partial charge in [-0.15, -0.1) is 11.3 Å². The summed E-state index contributed by atoms with van der Waals surface area (Å²) in [4.78, 5) is 7.23. The molecule has 0 fully saturated rings. The molecule has 0 radical (unpaired) electrons. The molecule has 19 heavy (non-hydrogen) atoms. The molecule has 96 valence electrons. The predicted molar refractivity (Wildman–Crippen MR) is 83.4 cm³/mol. The molecule has 0 saturated heterocycles. The summed E-state index contributed by atoms with van der Waals surface area (Å²) in [6, 6.07) is 13.8. The average molecular weight is 309 g/mol. The van der Waals surface area contributed by atoms with Gasteiger partial charge in [0.05, 0.1) is 15.2 Å². The summed E-state index contributed by atoms with van der Waals surface area (Å²) < 4.78 is 1.16. The highest BCUT2D eigenvalue weighted by atomic mass is 35.5. The standard InChI is InChI=1S/C14H10Cl2N2S/c15-10-4-5-13-12(8-10)17-14(19-13)7-9-2-1-3-11(6-9)18-16/h1-6,8,18H,7H2. The van der Waals surface area contributed by atoms with Gasteiger partial charge in [0.1, 0.15) is 0 Å². The van der Waals surface area contributed by atoms with E-state index >= 15 is 0 Å². The molecule has 0 saturated carbocycles. The van der Waals surface area contributed by atoms with E-state index in [9.17, 15) is 0 Å². The van der Waals surface area contributed by atoms with Crippen LogP contribution in [-0.4, -0.2) is 4.98 Å². The van der Waals surface area contributed by atoms with Crippen LogP contribution in [0.2, 0.25) is 5.02 Å². The van der Waals surface area contributed by atoms with Crippen LogP contribution in [0.3, 0.4) is 0 Å². The Morgan fingerprint density at radius 2 is 2.05 bits per heavy atom. The van der Waals surface area contributed by atoms with Crippen LogP contribution < -0.4 is 4.84 Å². The summed E-state index contributed by atoms with van der Waals surface area (Å²) in [6.45, 7) is 0. The molecular weight excluding hydrogens is 299 g/mol. The van der Waals surface area contributed by atoms with Crippen LogP contribution in [0.4, 0.5) is 5.69 Å². The third-order valence-electron chi connectivity index (χ3n) is 2.79. The van der Waals surface area contributed by atoms with Crippen LogP contribution in [0.25, 0.3) is 10.2 Å². The smallest absolute Gasteiger partial charge is 0.0982 e. The van der Waals surface area contributed by atoms with Crippen molar-refractivity contribution in [1.82, 2.24) is 4.98 Å². The number of nitrogens with one attached hydrogen (secondary N) is 1. The summed E-state index contributed by atoms with van der Waals surface area (Å²) >= 11 is 13.3. The van der Waals surface area contributed by atoms with Gasteiger partial charge in [0, 0.05) is 28.9 Å². The topological polar surface area (TPSA) is 24.9 Å². The number of nitrogens with zero attached hydrogens (tertiary/aromatic N) is 1. The van der Waals surface area contributed by atoms with E-state index in [-0.39, 0.29) is 0 Å². The van der Waals surface area contributed by atoms with Gasteiger partial charge in [-0.2, -0.15) is 0 Å². The van der Waals surface area contributed by atoms with E-state index in [1.165, 1.54) is 5.56 Å². The van der Waals surface area contributed by atoms with Crippen molar-refractivity contribution in [2.45, 2.75) is 6.42 Å². The molecule has 2 aromatic carbocycles. The fourth-order valence-corrected chi connectivity index (χ4v) is 3.20. The van der Waals surface area contributed by atoms with Crippen LogP contribution in [0.5, 0.6) is 0 Å². The minimum Gasteiger partial charge on any atom is -0.299 e. The highest BCUT2D eigenvalue weighted by molar-refractivity contribution is 7.18. The quantitative estimate of drug-likeness (QED) is 0.680. The summed E-state index contributed by atoms with van der Waals surface area (Å²) in [7, 11) is 0. The van der Waals surface area contributed by atoms with Crippen molar-refractivity contribution in [3.8, 4) is 0 Å². The van der Waals surface area contributed by atoms with Gasteiger partial charge in [0.15, 0.2) is 0 Å². The number of thiazole rings is 1. The third-order valence-corrected chi connectivity index (χ3v) is 4.28. The molecule has 5 heteroatoms. The van der Waals surface area contributed by atoms with Crippen molar-refractivity contribution in [1.29, 1.82) is 0 Å². The van der Waals surface area contributed by atoms with Crippen molar-refractivity contribution in [2.24, 2.45) is 0 Å². The van der Waals surface area contributed by atoms with E-state index in [0.717, 1.165) is 32.4 Å². The molecule has 1 N–H and O–H groups in total. The second-order valence-corrected chi connectivity index (χ2v) is 5.93. The Hall–Kier alpha value is -1.29. The highest BCUT2D eigenvalue weighted by Crippen LogP contribution is 2.26. The summed E-state index contributed by atoms with van der Waals surface area (Å²) in [5.74, 6) is 0. The molecule has 1 aromatic heterocycles. The van der Waals surface area contributed by atoms with Crippen molar-refractivity contribution < 1.29 is 0 Å². The summed E-state index contributed by atoms with van der Waals surface area (Å²) in [5.41, 5.74) is 3.03. The van der Waals surface area contributed by atoms with Crippen LogP contribution >= 0.6 is 34.7 Å². The van der Waals surface area contributed by atoms with Crippen LogP contribution in [0.15, 0.2) is 42.5 Å². The molecule has 0 unspecified atom stereocenters. The molecule has 0 aliphatic carbocycles. The fourth-order valence-electron chi connectivity index (χ4n) is 1.94. The minimum atomic E-state index is 0.720. The lowest BCUT2D eigenvalue weighted by molar-refractivity contribution is 1.16. The second-order valence-electron chi connectivity index (χ2n) is 4.19. The van der Waals surface area contributed by atoms with Gasteiger partial charge >= 0.3 is 0 Å². The molecule has 0 bridgehead atoms. The van der Waals surface area contributed by atoms with E-state index in [2.05, 4.69) is 15.9 Å². The van der Waals surface area contributed by atoms with Gasteiger partial charge in [-0.25, -0.2) is 4.98 Å². The number of aromatic nitrogens is 1. The lowest BCUT2D eigenvalue weighted by atomic mass is 10.1. The number of anilines is 1. The first-order valence-electron chi connectivity index (χ1n) is 5.75. The van der Waals surface area contributed by atoms with Crippen molar-refractivity contribution in [2.75, 3.05) is 4.84 Å². The molecule has 0 aliphatic heterocycles. The Labute approximate surface area is 125 Å². The van der Waals surface area contributed by atoms with Gasteiger partial charge in [-0.05, 0) is 35.9 Å². The maximum absolute atomic E-state index is 5.97. The van der Waals surface area contributed by atoms with Gasteiger partial charge in [-0.1, -0.05) is 23.7 Å². The first kappa shape index (κ1) is 12.7. The Kier molecular flexibility index (Phi) is 3.60. The number of fused-ring (bicyclic) bond motifs is 1. The van der Waals surface area contributed by atoms with Gasteiger partial charge in [-0.3, -0.25) is 4.84 Å². The molecule has 0 atom stereocenters. The predicted octanol–water partition coefficient (Wildman–Crippen LogP) is 5.11. The Bertz CT molecular complexity index is 724. The number of benzene rings is 2. The van der Waals surface area contributed by atoms with E-state index in [4.69, 9.17) is 23.4 Å². The molecule has 3 aromatic rings. The lowest BCUT2D eigenvalue weighted by Crippen LogP contribution is -1.88. The average Bonchev–Trinajstić information content (AvgIpc) is 2.80.